The van der Waals surface area contributed by atoms with Crippen LogP contribution in [-0.4, -0.2) is 13.1 Å². The van der Waals surface area contributed by atoms with E-state index < -0.39 is 0 Å². The van der Waals surface area contributed by atoms with Crippen LogP contribution >= 0.6 is 11.9 Å². The SMILES string of the molecule is c1ccc(NSc2ccc(C3CCNCC3)c3ccccc23)cc1. The largest absolute Gasteiger partial charge is 0.326 e. The highest BCUT2D eigenvalue weighted by Gasteiger charge is 2.18. The summed E-state index contributed by atoms with van der Waals surface area (Å²) in [5, 5.41) is 6.22. The molecule has 3 heteroatoms. The van der Waals surface area contributed by atoms with Gasteiger partial charge in [-0.2, -0.15) is 0 Å². The molecule has 122 valence electrons. The standard InChI is InChI=1S/C21H22N2S/c1-2-6-17(7-3-1)23-24-21-11-10-18(16-12-14-22-15-13-16)19-8-4-5-9-20(19)21/h1-11,16,22-23H,12-15H2. The maximum Gasteiger partial charge on any atom is 0.0443 e. The predicted molar refractivity (Wildman–Crippen MR) is 105 cm³/mol. The van der Waals surface area contributed by atoms with Crippen LogP contribution in [0.5, 0.6) is 0 Å². The van der Waals surface area contributed by atoms with Crippen LogP contribution in [0.4, 0.5) is 5.69 Å². The Kier molecular flexibility index (Phi) is 4.72. The Balaban J connectivity index is 1.65. The monoisotopic (exact) mass is 334 g/mol. The molecular weight excluding hydrogens is 312 g/mol. The molecule has 1 aliphatic heterocycles. The molecule has 1 aliphatic rings. The maximum absolute atomic E-state index is 3.47. The highest BCUT2D eigenvalue weighted by Crippen LogP contribution is 2.36. The number of benzene rings is 3. The summed E-state index contributed by atoms with van der Waals surface area (Å²) < 4.78 is 3.46. The zero-order chi connectivity index (χ0) is 16.2. The van der Waals surface area contributed by atoms with Gasteiger partial charge in [0.15, 0.2) is 0 Å². The van der Waals surface area contributed by atoms with Crippen molar-refractivity contribution >= 4 is 28.4 Å². The molecule has 1 saturated heterocycles. The average Bonchev–Trinajstić information content (AvgIpc) is 2.67. The molecule has 2 nitrogen and oxygen atoms in total. The van der Waals surface area contributed by atoms with Gasteiger partial charge in [0.05, 0.1) is 0 Å². The van der Waals surface area contributed by atoms with Crippen molar-refractivity contribution in [2.24, 2.45) is 0 Å². The van der Waals surface area contributed by atoms with Crippen molar-refractivity contribution in [3.63, 3.8) is 0 Å². The van der Waals surface area contributed by atoms with Crippen LogP contribution < -0.4 is 10.0 Å². The second-order valence-corrected chi connectivity index (χ2v) is 7.14. The van der Waals surface area contributed by atoms with E-state index in [4.69, 9.17) is 0 Å². The van der Waals surface area contributed by atoms with Crippen LogP contribution in [0.15, 0.2) is 71.6 Å². The second kappa shape index (κ2) is 7.29. The smallest absolute Gasteiger partial charge is 0.0443 e. The highest BCUT2D eigenvalue weighted by molar-refractivity contribution is 8.00. The van der Waals surface area contributed by atoms with E-state index in [-0.39, 0.29) is 0 Å². The molecule has 0 amide bonds. The van der Waals surface area contributed by atoms with Gasteiger partial charge in [-0.05, 0) is 78.3 Å². The van der Waals surface area contributed by atoms with Crippen molar-refractivity contribution in [1.29, 1.82) is 0 Å². The second-order valence-electron chi connectivity index (χ2n) is 6.29. The summed E-state index contributed by atoms with van der Waals surface area (Å²) in [5.74, 6) is 0.678. The number of hydrogen-bond donors (Lipinski definition) is 2. The minimum absolute atomic E-state index is 0.678. The molecule has 1 fully saturated rings. The van der Waals surface area contributed by atoms with Crippen LogP contribution in [-0.2, 0) is 0 Å². The summed E-state index contributed by atoms with van der Waals surface area (Å²) in [5.41, 5.74) is 2.64. The van der Waals surface area contributed by atoms with E-state index in [0.29, 0.717) is 5.92 Å². The number of nitrogens with one attached hydrogen (secondary N) is 2. The van der Waals surface area contributed by atoms with Gasteiger partial charge in [0.25, 0.3) is 0 Å². The molecule has 0 unspecified atom stereocenters. The first kappa shape index (κ1) is 15.6. The van der Waals surface area contributed by atoms with Crippen molar-refractivity contribution in [1.82, 2.24) is 5.32 Å². The minimum Gasteiger partial charge on any atom is -0.326 e. The fourth-order valence-electron chi connectivity index (χ4n) is 3.49. The van der Waals surface area contributed by atoms with Crippen molar-refractivity contribution < 1.29 is 0 Å². The van der Waals surface area contributed by atoms with Crippen molar-refractivity contribution in [2.45, 2.75) is 23.7 Å². The van der Waals surface area contributed by atoms with Gasteiger partial charge in [-0.1, -0.05) is 48.5 Å². The summed E-state index contributed by atoms with van der Waals surface area (Å²) in [4.78, 5) is 1.28. The molecule has 0 aliphatic carbocycles. The van der Waals surface area contributed by atoms with Crippen LogP contribution in [0, 0.1) is 0 Å². The quantitative estimate of drug-likeness (QED) is 0.622. The Morgan fingerprint density at radius 3 is 2.29 bits per heavy atom. The van der Waals surface area contributed by atoms with Crippen molar-refractivity contribution in [3.05, 3.63) is 72.3 Å². The van der Waals surface area contributed by atoms with E-state index in [2.05, 4.69) is 70.7 Å². The number of hydrogen-bond acceptors (Lipinski definition) is 3. The van der Waals surface area contributed by atoms with Crippen molar-refractivity contribution in [3.8, 4) is 0 Å². The third-order valence-corrected chi connectivity index (χ3v) is 5.66. The predicted octanol–water partition coefficient (Wildman–Crippen LogP) is 5.43. The molecule has 4 rings (SSSR count). The van der Waals surface area contributed by atoms with E-state index in [1.807, 2.05) is 6.07 Å². The molecule has 3 aromatic carbocycles. The molecule has 24 heavy (non-hydrogen) atoms. The highest BCUT2D eigenvalue weighted by atomic mass is 32.2. The number of para-hydroxylation sites is 1. The summed E-state index contributed by atoms with van der Waals surface area (Å²) >= 11 is 1.70. The molecular formula is C21H22N2S. The Morgan fingerprint density at radius 2 is 1.50 bits per heavy atom. The van der Waals surface area contributed by atoms with E-state index >= 15 is 0 Å². The Bertz CT molecular complexity index is 810. The van der Waals surface area contributed by atoms with Gasteiger partial charge in [-0.25, -0.2) is 0 Å². The Labute approximate surface area is 147 Å². The summed E-state index contributed by atoms with van der Waals surface area (Å²) in [6, 6.07) is 23.8. The van der Waals surface area contributed by atoms with E-state index in [0.717, 1.165) is 18.8 Å². The Hall–Kier alpha value is -1.97. The molecule has 0 atom stereocenters. The molecule has 2 N–H and O–H groups in total. The lowest BCUT2D eigenvalue weighted by atomic mass is 9.87. The summed E-state index contributed by atoms with van der Waals surface area (Å²) in [6.45, 7) is 2.26. The summed E-state index contributed by atoms with van der Waals surface area (Å²) in [7, 11) is 0. The molecule has 0 radical (unpaired) electrons. The van der Waals surface area contributed by atoms with E-state index in [1.165, 1.54) is 34.1 Å². The lowest BCUT2D eigenvalue weighted by Crippen LogP contribution is -2.26. The fourth-order valence-corrected chi connectivity index (χ4v) is 4.28. The average molecular weight is 334 g/mol. The van der Waals surface area contributed by atoms with Gasteiger partial charge in [0.1, 0.15) is 0 Å². The third-order valence-electron chi connectivity index (χ3n) is 4.75. The lowest BCUT2D eigenvalue weighted by molar-refractivity contribution is 0.462. The number of rotatable bonds is 4. The molecule has 0 saturated carbocycles. The number of piperidine rings is 1. The van der Waals surface area contributed by atoms with Crippen LogP contribution in [0.1, 0.15) is 24.3 Å². The molecule has 0 aromatic heterocycles. The van der Waals surface area contributed by atoms with Gasteiger partial charge >= 0.3 is 0 Å². The summed E-state index contributed by atoms with van der Waals surface area (Å²) in [6.07, 6.45) is 2.47. The topological polar surface area (TPSA) is 24.1 Å². The molecule has 0 spiro atoms. The number of fused-ring (bicyclic) bond motifs is 1. The van der Waals surface area contributed by atoms with Crippen LogP contribution in [0.2, 0.25) is 0 Å². The normalized spacial score (nSPS) is 15.5. The van der Waals surface area contributed by atoms with E-state index in [9.17, 15) is 0 Å². The lowest BCUT2D eigenvalue weighted by Gasteiger charge is -2.25. The molecule has 0 bridgehead atoms. The Morgan fingerprint density at radius 1 is 0.792 bits per heavy atom. The third kappa shape index (κ3) is 3.28. The van der Waals surface area contributed by atoms with E-state index in [1.54, 1.807) is 11.9 Å². The first-order valence-corrected chi connectivity index (χ1v) is 9.44. The molecule has 1 heterocycles. The maximum atomic E-state index is 3.47. The minimum atomic E-state index is 0.678. The van der Waals surface area contributed by atoms with Gasteiger partial charge in [0, 0.05) is 10.6 Å². The van der Waals surface area contributed by atoms with Crippen LogP contribution in [0.25, 0.3) is 10.8 Å². The van der Waals surface area contributed by atoms with Gasteiger partial charge in [-0.15, -0.1) is 0 Å². The van der Waals surface area contributed by atoms with Gasteiger partial charge in [0.2, 0.25) is 0 Å². The first-order valence-electron chi connectivity index (χ1n) is 8.62. The zero-order valence-corrected chi connectivity index (χ0v) is 14.5. The molecule has 3 aromatic rings. The number of anilines is 1. The van der Waals surface area contributed by atoms with Gasteiger partial charge < -0.3 is 10.0 Å². The van der Waals surface area contributed by atoms with Crippen molar-refractivity contribution in [2.75, 3.05) is 17.8 Å². The van der Waals surface area contributed by atoms with Gasteiger partial charge in [-0.3, -0.25) is 0 Å². The fraction of sp³-hybridized carbons (Fsp3) is 0.238. The first-order chi connectivity index (χ1) is 11.9. The van der Waals surface area contributed by atoms with Crippen LogP contribution in [0.3, 0.4) is 0 Å². The zero-order valence-electron chi connectivity index (χ0n) is 13.7.